The fraction of sp³-hybridized carbons (Fsp3) is 0.400. The van der Waals surface area contributed by atoms with Crippen LogP contribution in [-0.2, 0) is 15.6 Å². The summed E-state index contributed by atoms with van der Waals surface area (Å²) in [6.45, 7) is 0. The number of amidine groups is 1. The Balaban J connectivity index is 1.58. The molecule has 1 aliphatic carbocycles. The van der Waals surface area contributed by atoms with Gasteiger partial charge in [-0.05, 0) is 31.0 Å². The summed E-state index contributed by atoms with van der Waals surface area (Å²) < 4.78 is 25.1. The molecular formula is C20H25N9O2S. The third-order valence-corrected chi connectivity index (χ3v) is 7.02. The van der Waals surface area contributed by atoms with Crippen molar-refractivity contribution in [2.75, 3.05) is 24.4 Å². The average Bonchev–Trinajstić information content (AvgIpc) is 3.17. The highest BCUT2D eigenvalue weighted by atomic mass is 32.2. The zero-order valence-electron chi connectivity index (χ0n) is 17.9. The van der Waals surface area contributed by atoms with E-state index < -0.39 is 10.0 Å². The lowest BCUT2D eigenvalue weighted by Gasteiger charge is -2.47. The van der Waals surface area contributed by atoms with Crippen molar-refractivity contribution in [2.24, 2.45) is 10.1 Å². The Kier molecular flexibility index (Phi) is 4.78. The van der Waals surface area contributed by atoms with Gasteiger partial charge < -0.3 is 5.32 Å². The number of hydrazine groups is 1. The first-order chi connectivity index (χ1) is 15.3. The summed E-state index contributed by atoms with van der Waals surface area (Å²) >= 11 is 0. The van der Waals surface area contributed by atoms with Gasteiger partial charge in [-0.15, -0.1) is 0 Å². The molecular weight excluding hydrogens is 430 g/mol. The summed E-state index contributed by atoms with van der Waals surface area (Å²) in [6.07, 6.45) is 8.63. The monoisotopic (exact) mass is 455 g/mol. The van der Waals surface area contributed by atoms with E-state index in [9.17, 15) is 8.42 Å². The van der Waals surface area contributed by atoms with Gasteiger partial charge in [-0.1, -0.05) is 19.3 Å². The maximum Gasteiger partial charge on any atom is 0.255 e. The van der Waals surface area contributed by atoms with E-state index in [0.29, 0.717) is 11.6 Å². The smallest absolute Gasteiger partial charge is 0.255 e. The quantitative estimate of drug-likeness (QED) is 0.543. The largest absolute Gasteiger partial charge is 0.323 e. The molecule has 0 aromatic carbocycles. The molecule has 0 radical (unpaired) electrons. The number of nitrogens with two attached hydrogens (primary N) is 1. The third kappa shape index (κ3) is 3.26. The first-order valence-electron chi connectivity index (χ1n) is 10.4. The second-order valence-corrected chi connectivity index (χ2v) is 9.71. The predicted molar refractivity (Wildman–Crippen MR) is 122 cm³/mol. The Morgan fingerprint density at radius 2 is 1.97 bits per heavy atom. The standard InChI is InChI=1S/C20H25N9O2S/c1-22-18-20(8-4-3-5-9-20)29-16(28(2)27-18)10-13-11-24-19(26-17(13)29)25-14-6-7-15(23-12-14)32(21,30)31/h6-7,10-12H,3-5,8-9H2,1-2H3,(H,22,27)(H2,21,30,31)(H,24,25,26). The van der Waals surface area contributed by atoms with Gasteiger partial charge in [0.05, 0.1) is 11.9 Å². The number of nitrogens with zero attached hydrogens (tertiary/aromatic N) is 6. The van der Waals surface area contributed by atoms with Gasteiger partial charge in [0.2, 0.25) is 5.95 Å². The van der Waals surface area contributed by atoms with Crippen LogP contribution in [-0.4, -0.2) is 47.9 Å². The molecule has 12 heteroatoms. The number of rotatable bonds is 3. The van der Waals surface area contributed by atoms with Crippen LogP contribution in [0.5, 0.6) is 0 Å². The van der Waals surface area contributed by atoms with Crippen LogP contribution in [0.25, 0.3) is 11.0 Å². The maximum absolute atomic E-state index is 11.4. The van der Waals surface area contributed by atoms with Gasteiger partial charge in [0.25, 0.3) is 10.0 Å². The summed E-state index contributed by atoms with van der Waals surface area (Å²) in [5.74, 6) is 2.35. The number of aromatic nitrogens is 4. The molecule has 11 nitrogen and oxygen atoms in total. The van der Waals surface area contributed by atoms with E-state index in [0.717, 1.165) is 48.4 Å². The van der Waals surface area contributed by atoms with Crippen molar-refractivity contribution < 1.29 is 8.42 Å². The molecule has 4 N–H and O–H groups in total. The SMILES string of the molecule is CN=C1NN(C)c2cc3cnc(Nc4ccc(S(N)(=O)=O)nc4)nc3n2C12CCCCC2. The molecule has 3 aromatic rings. The summed E-state index contributed by atoms with van der Waals surface area (Å²) in [7, 11) is -0.0563. The lowest BCUT2D eigenvalue weighted by molar-refractivity contribution is 0.272. The van der Waals surface area contributed by atoms with Crippen LogP contribution >= 0.6 is 0 Å². The molecule has 1 spiro atoms. The van der Waals surface area contributed by atoms with Crippen LogP contribution in [0.1, 0.15) is 32.1 Å². The second kappa shape index (κ2) is 7.41. The zero-order chi connectivity index (χ0) is 22.5. The Morgan fingerprint density at radius 3 is 2.62 bits per heavy atom. The van der Waals surface area contributed by atoms with Crippen molar-refractivity contribution in [3.05, 3.63) is 30.6 Å². The number of fused-ring (bicyclic) bond motifs is 4. The summed E-state index contributed by atoms with van der Waals surface area (Å²) in [5, 5.41) is 10.9. The van der Waals surface area contributed by atoms with Gasteiger partial charge in [-0.3, -0.25) is 20.0 Å². The van der Waals surface area contributed by atoms with Crippen LogP contribution < -0.4 is 20.9 Å². The predicted octanol–water partition coefficient (Wildman–Crippen LogP) is 1.86. The van der Waals surface area contributed by atoms with Crippen molar-refractivity contribution in [2.45, 2.75) is 42.7 Å². The highest BCUT2D eigenvalue weighted by Crippen LogP contribution is 2.44. The van der Waals surface area contributed by atoms with Crippen LogP contribution in [0.4, 0.5) is 17.5 Å². The Hall–Kier alpha value is -3.25. The van der Waals surface area contributed by atoms with E-state index in [-0.39, 0.29) is 10.6 Å². The minimum Gasteiger partial charge on any atom is -0.323 e. The highest BCUT2D eigenvalue weighted by molar-refractivity contribution is 7.89. The van der Waals surface area contributed by atoms with E-state index in [1.807, 2.05) is 19.1 Å². The van der Waals surface area contributed by atoms with Gasteiger partial charge in [0.1, 0.15) is 22.8 Å². The van der Waals surface area contributed by atoms with Gasteiger partial charge in [-0.25, -0.2) is 23.5 Å². The average molecular weight is 456 g/mol. The van der Waals surface area contributed by atoms with E-state index >= 15 is 0 Å². The van der Waals surface area contributed by atoms with Crippen molar-refractivity contribution in [1.82, 2.24) is 24.9 Å². The molecule has 0 bridgehead atoms. The Labute approximate surface area is 185 Å². The van der Waals surface area contributed by atoms with Gasteiger partial charge in [0, 0.05) is 25.7 Å². The summed E-state index contributed by atoms with van der Waals surface area (Å²) in [6, 6.07) is 5.00. The van der Waals surface area contributed by atoms with Gasteiger partial charge in [-0.2, -0.15) is 4.98 Å². The highest BCUT2D eigenvalue weighted by Gasteiger charge is 2.45. The van der Waals surface area contributed by atoms with E-state index in [1.54, 1.807) is 12.3 Å². The van der Waals surface area contributed by atoms with Crippen molar-refractivity contribution in [1.29, 1.82) is 0 Å². The lowest BCUT2D eigenvalue weighted by atomic mass is 9.79. The molecule has 0 amide bonds. The molecule has 0 saturated heterocycles. The number of primary sulfonamides is 1. The third-order valence-electron chi connectivity index (χ3n) is 6.20. The molecule has 0 atom stereocenters. The van der Waals surface area contributed by atoms with Crippen molar-refractivity contribution >= 4 is 44.3 Å². The first-order valence-corrected chi connectivity index (χ1v) is 12.0. The molecule has 1 aliphatic heterocycles. The number of hydrogen-bond acceptors (Lipinski definition) is 8. The van der Waals surface area contributed by atoms with Crippen molar-refractivity contribution in [3.8, 4) is 0 Å². The molecule has 4 heterocycles. The number of nitrogens with one attached hydrogen (secondary N) is 2. The first kappa shape index (κ1) is 20.6. The van der Waals surface area contributed by atoms with E-state index in [1.165, 1.54) is 18.7 Å². The van der Waals surface area contributed by atoms with Crippen LogP contribution in [0.3, 0.4) is 0 Å². The fourth-order valence-corrected chi connectivity index (χ4v) is 5.19. The molecule has 1 fully saturated rings. The van der Waals surface area contributed by atoms with Crippen LogP contribution in [0, 0.1) is 0 Å². The Bertz CT molecular complexity index is 1310. The molecule has 168 valence electrons. The number of hydrogen-bond donors (Lipinski definition) is 3. The van der Waals surface area contributed by atoms with Crippen LogP contribution in [0.15, 0.2) is 40.6 Å². The fourth-order valence-electron chi connectivity index (χ4n) is 4.74. The summed E-state index contributed by atoms with van der Waals surface area (Å²) in [4.78, 5) is 17.8. The van der Waals surface area contributed by atoms with Gasteiger partial charge >= 0.3 is 0 Å². The van der Waals surface area contributed by atoms with Gasteiger partial charge in [0.15, 0.2) is 5.03 Å². The van der Waals surface area contributed by atoms with E-state index in [4.69, 9.17) is 10.1 Å². The van der Waals surface area contributed by atoms with Crippen molar-refractivity contribution in [3.63, 3.8) is 0 Å². The van der Waals surface area contributed by atoms with Crippen LogP contribution in [0.2, 0.25) is 0 Å². The van der Waals surface area contributed by atoms with E-state index in [2.05, 4.69) is 36.3 Å². The molecule has 32 heavy (non-hydrogen) atoms. The second-order valence-electron chi connectivity index (χ2n) is 8.20. The lowest BCUT2D eigenvalue weighted by Crippen LogP contribution is -2.59. The Morgan fingerprint density at radius 1 is 1.19 bits per heavy atom. The molecule has 0 unspecified atom stereocenters. The molecule has 1 saturated carbocycles. The number of sulfonamides is 1. The molecule has 3 aromatic heterocycles. The normalized spacial score (nSPS) is 19.2. The topological polar surface area (TPSA) is 143 Å². The number of aliphatic imine (C=N–C) groups is 1. The maximum atomic E-state index is 11.4. The number of pyridine rings is 1. The zero-order valence-corrected chi connectivity index (χ0v) is 18.7. The minimum absolute atomic E-state index is 0.193. The molecule has 2 aliphatic rings. The minimum atomic E-state index is -3.85. The molecule has 5 rings (SSSR count). The number of anilines is 3. The summed E-state index contributed by atoms with van der Waals surface area (Å²) in [5.41, 5.74) is 4.57.